The molecule has 0 unspecified atom stereocenters. The third-order valence-electron chi connectivity index (χ3n) is 2.80. The molecule has 2 heteroatoms. The van der Waals surface area contributed by atoms with Crippen LogP contribution in [0.15, 0.2) is 36.7 Å². The fourth-order valence-electron chi connectivity index (χ4n) is 1.89. The number of pyridine rings is 1. The number of hydrogen-bond donors (Lipinski definition) is 1. The fraction of sp³-hybridized carbons (Fsp3) is 0.214. The van der Waals surface area contributed by atoms with E-state index in [1.807, 2.05) is 18.5 Å². The van der Waals surface area contributed by atoms with Crippen molar-refractivity contribution in [1.82, 2.24) is 4.98 Å². The summed E-state index contributed by atoms with van der Waals surface area (Å²) < 4.78 is 0. The first kappa shape index (κ1) is 10.8. The van der Waals surface area contributed by atoms with E-state index in [0.29, 0.717) is 6.54 Å². The van der Waals surface area contributed by atoms with Gasteiger partial charge in [-0.1, -0.05) is 23.8 Å². The van der Waals surface area contributed by atoms with E-state index in [2.05, 4.69) is 37.0 Å². The van der Waals surface area contributed by atoms with Crippen molar-refractivity contribution < 1.29 is 0 Å². The number of benzene rings is 1. The number of hydrogen-bond acceptors (Lipinski definition) is 2. The maximum absolute atomic E-state index is 5.77. The van der Waals surface area contributed by atoms with Crippen molar-refractivity contribution in [3.63, 3.8) is 0 Å². The monoisotopic (exact) mass is 212 g/mol. The summed E-state index contributed by atoms with van der Waals surface area (Å²) in [6.45, 7) is 4.74. The van der Waals surface area contributed by atoms with Crippen molar-refractivity contribution in [2.24, 2.45) is 5.73 Å². The van der Waals surface area contributed by atoms with E-state index in [4.69, 9.17) is 5.73 Å². The summed E-state index contributed by atoms with van der Waals surface area (Å²) in [4.78, 5) is 4.12. The van der Waals surface area contributed by atoms with Gasteiger partial charge in [0.1, 0.15) is 0 Å². The molecule has 0 aliphatic rings. The standard InChI is InChI=1S/C14H16N2/c1-10-3-4-12(8-15)14(7-10)13-5-6-16-9-11(13)2/h3-7,9H,8,15H2,1-2H3. The number of nitrogens with two attached hydrogens (primary N) is 1. The number of aromatic nitrogens is 1. The Morgan fingerprint density at radius 1 is 1.12 bits per heavy atom. The van der Waals surface area contributed by atoms with E-state index in [0.717, 1.165) is 0 Å². The molecule has 1 aromatic heterocycles. The summed E-state index contributed by atoms with van der Waals surface area (Å²) in [5.74, 6) is 0. The molecule has 2 nitrogen and oxygen atoms in total. The molecular weight excluding hydrogens is 196 g/mol. The van der Waals surface area contributed by atoms with Crippen LogP contribution >= 0.6 is 0 Å². The van der Waals surface area contributed by atoms with E-state index in [1.54, 1.807) is 0 Å². The molecule has 0 saturated carbocycles. The summed E-state index contributed by atoms with van der Waals surface area (Å²) in [6, 6.07) is 8.43. The van der Waals surface area contributed by atoms with Crippen molar-refractivity contribution in [3.05, 3.63) is 53.3 Å². The minimum atomic E-state index is 0.567. The van der Waals surface area contributed by atoms with Crippen molar-refractivity contribution in [2.75, 3.05) is 0 Å². The average Bonchev–Trinajstić information content (AvgIpc) is 2.29. The van der Waals surface area contributed by atoms with Crippen LogP contribution < -0.4 is 5.73 Å². The maximum atomic E-state index is 5.77. The van der Waals surface area contributed by atoms with Gasteiger partial charge in [-0.25, -0.2) is 0 Å². The first-order chi connectivity index (χ1) is 7.72. The summed E-state index contributed by atoms with van der Waals surface area (Å²) in [5.41, 5.74) is 11.8. The van der Waals surface area contributed by atoms with Gasteiger partial charge in [0.2, 0.25) is 0 Å². The zero-order valence-corrected chi connectivity index (χ0v) is 9.70. The van der Waals surface area contributed by atoms with Crippen LogP contribution in [0.25, 0.3) is 11.1 Å². The van der Waals surface area contributed by atoms with Gasteiger partial charge in [0.05, 0.1) is 0 Å². The van der Waals surface area contributed by atoms with Gasteiger partial charge in [-0.15, -0.1) is 0 Å². The maximum Gasteiger partial charge on any atom is 0.0303 e. The SMILES string of the molecule is Cc1ccc(CN)c(-c2ccncc2C)c1. The van der Waals surface area contributed by atoms with Crippen LogP contribution in [0, 0.1) is 13.8 Å². The molecule has 0 saturated heterocycles. The summed E-state index contributed by atoms with van der Waals surface area (Å²) in [7, 11) is 0. The smallest absolute Gasteiger partial charge is 0.0303 e. The van der Waals surface area contributed by atoms with Crippen LogP contribution in [0.5, 0.6) is 0 Å². The molecular formula is C14H16N2. The average molecular weight is 212 g/mol. The molecule has 2 N–H and O–H groups in total. The Morgan fingerprint density at radius 3 is 2.62 bits per heavy atom. The Balaban J connectivity index is 2.63. The highest BCUT2D eigenvalue weighted by atomic mass is 14.6. The zero-order valence-electron chi connectivity index (χ0n) is 9.70. The third-order valence-corrected chi connectivity index (χ3v) is 2.80. The molecule has 82 valence electrons. The summed E-state index contributed by atoms with van der Waals surface area (Å²) >= 11 is 0. The second-order valence-electron chi connectivity index (χ2n) is 4.06. The number of rotatable bonds is 2. The van der Waals surface area contributed by atoms with Crippen molar-refractivity contribution in [2.45, 2.75) is 20.4 Å². The van der Waals surface area contributed by atoms with E-state index >= 15 is 0 Å². The largest absolute Gasteiger partial charge is 0.326 e. The van der Waals surface area contributed by atoms with Gasteiger partial charge in [0, 0.05) is 18.9 Å². The second-order valence-corrected chi connectivity index (χ2v) is 4.06. The summed E-state index contributed by atoms with van der Waals surface area (Å²) in [6.07, 6.45) is 3.71. The molecule has 1 aromatic carbocycles. The van der Waals surface area contributed by atoms with Crippen LogP contribution in [0.3, 0.4) is 0 Å². The molecule has 0 radical (unpaired) electrons. The second kappa shape index (κ2) is 4.45. The van der Waals surface area contributed by atoms with Gasteiger partial charge < -0.3 is 5.73 Å². The predicted molar refractivity (Wildman–Crippen MR) is 67.0 cm³/mol. The lowest BCUT2D eigenvalue weighted by Crippen LogP contribution is -2.00. The molecule has 16 heavy (non-hydrogen) atoms. The molecule has 0 aliphatic carbocycles. The first-order valence-electron chi connectivity index (χ1n) is 5.43. The molecule has 0 aliphatic heterocycles. The van der Waals surface area contributed by atoms with Gasteiger partial charge in [-0.05, 0) is 42.2 Å². The van der Waals surface area contributed by atoms with Crippen LogP contribution in [-0.4, -0.2) is 4.98 Å². The van der Waals surface area contributed by atoms with E-state index in [9.17, 15) is 0 Å². The fourth-order valence-corrected chi connectivity index (χ4v) is 1.89. The minimum Gasteiger partial charge on any atom is -0.326 e. The molecule has 0 amide bonds. The molecule has 1 heterocycles. The molecule has 0 atom stereocenters. The lowest BCUT2D eigenvalue weighted by molar-refractivity contribution is 1.07. The van der Waals surface area contributed by atoms with Crippen molar-refractivity contribution in [1.29, 1.82) is 0 Å². The van der Waals surface area contributed by atoms with Crippen LogP contribution in [0.2, 0.25) is 0 Å². The van der Waals surface area contributed by atoms with Crippen LogP contribution in [0.1, 0.15) is 16.7 Å². The first-order valence-corrected chi connectivity index (χ1v) is 5.43. The predicted octanol–water partition coefficient (Wildman–Crippen LogP) is 2.82. The Morgan fingerprint density at radius 2 is 1.94 bits per heavy atom. The van der Waals surface area contributed by atoms with Gasteiger partial charge in [0.15, 0.2) is 0 Å². The third kappa shape index (κ3) is 1.97. The summed E-state index contributed by atoms with van der Waals surface area (Å²) in [5, 5.41) is 0. The van der Waals surface area contributed by atoms with Gasteiger partial charge in [-0.2, -0.15) is 0 Å². The van der Waals surface area contributed by atoms with Crippen LogP contribution in [0.4, 0.5) is 0 Å². The van der Waals surface area contributed by atoms with Gasteiger partial charge in [-0.3, -0.25) is 4.98 Å². The van der Waals surface area contributed by atoms with Gasteiger partial charge in [0.25, 0.3) is 0 Å². The quantitative estimate of drug-likeness (QED) is 0.831. The highest BCUT2D eigenvalue weighted by molar-refractivity contribution is 5.70. The lowest BCUT2D eigenvalue weighted by Gasteiger charge is -2.11. The zero-order chi connectivity index (χ0) is 11.5. The van der Waals surface area contributed by atoms with Crippen molar-refractivity contribution in [3.8, 4) is 11.1 Å². The Labute approximate surface area is 96.1 Å². The van der Waals surface area contributed by atoms with E-state index in [1.165, 1.54) is 27.8 Å². The highest BCUT2D eigenvalue weighted by Gasteiger charge is 2.06. The topological polar surface area (TPSA) is 38.9 Å². The normalized spacial score (nSPS) is 10.4. The molecule has 2 rings (SSSR count). The molecule has 0 bridgehead atoms. The minimum absolute atomic E-state index is 0.567. The van der Waals surface area contributed by atoms with Crippen molar-refractivity contribution >= 4 is 0 Å². The number of aryl methyl sites for hydroxylation is 2. The Kier molecular flexibility index (Phi) is 3.02. The Bertz CT molecular complexity index is 504. The number of nitrogens with zero attached hydrogens (tertiary/aromatic N) is 1. The molecule has 0 spiro atoms. The van der Waals surface area contributed by atoms with E-state index < -0.39 is 0 Å². The lowest BCUT2D eigenvalue weighted by atomic mass is 9.96. The molecule has 2 aromatic rings. The van der Waals surface area contributed by atoms with E-state index in [-0.39, 0.29) is 0 Å². The molecule has 0 fully saturated rings. The highest BCUT2D eigenvalue weighted by Crippen LogP contribution is 2.26. The van der Waals surface area contributed by atoms with Gasteiger partial charge >= 0.3 is 0 Å². The van der Waals surface area contributed by atoms with Crippen LogP contribution in [-0.2, 0) is 6.54 Å². The Hall–Kier alpha value is -1.67.